The summed E-state index contributed by atoms with van der Waals surface area (Å²) in [5.74, 6) is 0.847. The van der Waals surface area contributed by atoms with Crippen molar-refractivity contribution in [2.45, 2.75) is 26.2 Å². The predicted octanol–water partition coefficient (Wildman–Crippen LogP) is 2.56. The molecule has 1 rings (SSSR count). The first-order valence-corrected chi connectivity index (χ1v) is 5.43. The minimum atomic E-state index is -0.0691. The Labute approximate surface area is 91.9 Å². The topological polar surface area (TPSA) is 29.5 Å². The van der Waals surface area contributed by atoms with Crippen LogP contribution in [0.25, 0.3) is 0 Å². The number of rotatable bonds is 5. The SMILES string of the molecule is [CH2]C(CO)c1cccc(OCC)c1CC. The first kappa shape index (κ1) is 12.1. The molecule has 1 atom stereocenters. The van der Waals surface area contributed by atoms with Crippen LogP contribution in [-0.4, -0.2) is 18.3 Å². The van der Waals surface area contributed by atoms with Crippen LogP contribution in [0.5, 0.6) is 5.75 Å². The Hall–Kier alpha value is -1.02. The zero-order valence-electron chi connectivity index (χ0n) is 9.49. The molecule has 1 aromatic carbocycles. The van der Waals surface area contributed by atoms with Crippen LogP contribution in [0.3, 0.4) is 0 Å². The molecule has 0 spiro atoms. The van der Waals surface area contributed by atoms with Gasteiger partial charge in [-0.15, -0.1) is 0 Å². The van der Waals surface area contributed by atoms with Gasteiger partial charge < -0.3 is 9.84 Å². The minimum absolute atomic E-state index is 0.0691. The van der Waals surface area contributed by atoms with Gasteiger partial charge in [-0.05, 0) is 37.5 Å². The lowest BCUT2D eigenvalue weighted by atomic mass is 9.94. The number of ether oxygens (including phenoxy) is 1. The van der Waals surface area contributed by atoms with Gasteiger partial charge in [0.15, 0.2) is 0 Å². The monoisotopic (exact) mass is 207 g/mol. The normalized spacial score (nSPS) is 12.5. The highest BCUT2D eigenvalue weighted by Crippen LogP contribution is 2.28. The van der Waals surface area contributed by atoms with Gasteiger partial charge in [0.1, 0.15) is 5.75 Å². The number of aliphatic hydroxyl groups is 1. The van der Waals surface area contributed by atoms with E-state index < -0.39 is 0 Å². The third kappa shape index (κ3) is 2.72. The first-order chi connectivity index (χ1) is 7.24. The molecule has 2 heteroatoms. The van der Waals surface area contributed by atoms with E-state index in [-0.39, 0.29) is 12.5 Å². The number of hydrogen-bond donors (Lipinski definition) is 1. The minimum Gasteiger partial charge on any atom is -0.494 e. The van der Waals surface area contributed by atoms with Gasteiger partial charge in [-0.25, -0.2) is 0 Å². The molecule has 0 heterocycles. The largest absolute Gasteiger partial charge is 0.494 e. The van der Waals surface area contributed by atoms with Gasteiger partial charge in [-0.1, -0.05) is 19.1 Å². The van der Waals surface area contributed by atoms with Gasteiger partial charge >= 0.3 is 0 Å². The van der Waals surface area contributed by atoms with Gasteiger partial charge in [0.25, 0.3) is 0 Å². The molecule has 0 aromatic heterocycles. The van der Waals surface area contributed by atoms with Crippen LogP contribution < -0.4 is 4.74 Å². The molecule has 1 radical (unpaired) electrons. The molecule has 2 nitrogen and oxygen atoms in total. The first-order valence-electron chi connectivity index (χ1n) is 5.43. The maximum Gasteiger partial charge on any atom is 0.122 e. The van der Waals surface area contributed by atoms with Gasteiger partial charge in [0.2, 0.25) is 0 Å². The van der Waals surface area contributed by atoms with Crippen LogP contribution in [0, 0.1) is 6.92 Å². The molecule has 0 amide bonds. The van der Waals surface area contributed by atoms with E-state index in [0.717, 1.165) is 23.3 Å². The third-order valence-corrected chi connectivity index (χ3v) is 2.48. The second-order valence-electron chi connectivity index (χ2n) is 3.49. The summed E-state index contributed by atoms with van der Waals surface area (Å²) >= 11 is 0. The molecular formula is C13H19O2. The van der Waals surface area contributed by atoms with Gasteiger partial charge in [-0.2, -0.15) is 0 Å². The van der Waals surface area contributed by atoms with E-state index in [2.05, 4.69) is 13.8 Å². The average Bonchev–Trinajstić information content (AvgIpc) is 2.28. The highest BCUT2D eigenvalue weighted by atomic mass is 16.5. The standard InChI is InChI=1S/C13H19O2/c1-4-11-12(10(3)9-14)7-6-8-13(11)15-5-2/h6-8,10,14H,3-5,9H2,1-2H3. The fourth-order valence-electron chi connectivity index (χ4n) is 1.73. The van der Waals surface area contributed by atoms with E-state index in [0.29, 0.717) is 6.61 Å². The second kappa shape index (κ2) is 5.76. The Balaban J connectivity index is 3.09. The van der Waals surface area contributed by atoms with Gasteiger partial charge in [-0.3, -0.25) is 0 Å². The lowest BCUT2D eigenvalue weighted by Gasteiger charge is -2.17. The van der Waals surface area contributed by atoms with Crippen molar-refractivity contribution in [3.05, 3.63) is 36.2 Å². The zero-order chi connectivity index (χ0) is 11.3. The van der Waals surface area contributed by atoms with Crippen LogP contribution in [0.2, 0.25) is 0 Å². The summed E-state index contributed by atoms with van der Waals surface area (Å²) in [6.07, 6.45) is 0.900. The van der Waals surface area contributed by atoms with Crippen molar-refractivity contribution in [2.24, 2.45) is 0 Å². The summed E-state index contributed by atoms with van der Waals surface area (Å²) in [4.78, 5) is 0. The molecule has 1 N–H and O–H groups in total. The number of hydrogen-bond acceptors (Lipinski definition) is 2. The van der Waals surface area contributed by atoms with E-state index in [1.165, 1.54) is 0 Å². The maximum atomic E-state index is 9.13. The molecule has 0 fully saturated rings. The lowest BCUT2D eigenvalue weighted by molar-refractivity contribution is 0.281. The fraction of sp³-hybridized carbons (Fsp3) is 0.462. The molecule has 1 unspecified atom stereocenters. The summed E-state index contributed by atoms with van der Waals surface area (Å²) < 4.78 is 5.55. The Morgan fingerprint density at radius 1 is 1.40 bits per heavy atom. The van der Waals surface area contributed by atoms with Crippen molar-refractivity contribution in [1.82, 2.24) is 0 Å². The molecule has 0 bridgehead atoms. The molecule has 0 aliphatic rings. The zero-order valence-corrected chi connectivity index (χ0v) is 9.49. The van der Waals surface area contributed by atoms with Crippen LogP contribution in [0.4, 0.5) is 0 Å². The molecule has 0 aliphatic heterocycles. The van der Waals surface area contributed by atoms with E-state index >= 15 is 0 Å². The molecule has 0 aliphatic carbocycles. The third-order valence-electron chi connectivity index (χ3n) is 2.48. The van der Waals surface area contributed by atoms with Crippen molar-refractivity contribution < 1.29 is 9.84 Å². The Morgan fingerprint density at radius 3 is 2.67 bits per heavy atom. The number of benzene rings is 1. The van der Waals surface area contributed by atoms with Crippen LogP contribution in [-0.2, 0) is 6.42 Å². The summed E-state index contributed by atoms with van der Waals surface area (Å²) in [7, 11) is 0. The fourth-order valence-corrected chi connectivity index (χ4v) is 1.73. The molecule has 83 valence electrons. The van der Waals surface area contributed by atoms with E-state index in [4.69, 9.17) is 9.84 Å². The highest BCUT2D eigenvalue weighted by molar-refractivity contribution is 5.42. The molecular weight excluding hydrogens is 188 g/mol. The van der Waals surface area contributed by atoms with Crippen molar-refractivity contribution >= 4 is 0 Å². The Bertz CT molecular complexity index is 307. The average molecular weight is 207 g/mol. The van der Waals surface area contributed by atoms with Gasteiger partial charge in [0, 0.05) is 12.5 Å². The molecule has 1 aromatic rings. The summed E-state index contributed by atoms with van der Waals surface area (Å²) in [6, 6.07) is 5.93. The summed E-state index contributed by atoms with van der Waals surface area (Å²) in [5.41, 5.74) is 2.25. The quantitative estimate of drug-likeness (QED) is 0.804. The van der Waals surface area contributed by atoms with Crippen LogP contribution >= 0.6 is 0 Å². The summed E-state index contributed by atoms with van der Waals surface area (Å²) in [6.45, 7) is 8.73. The van der Waals surface area contributed by atoms with E-state index in [1.54, 1.807) is 0 Å². The predicted molar refractivity (Wildman–Crippen MR) is 62.2 cm³/mol. The van der Waals surface area contributed by atoms with Crippen LogP contribution in [0.15, 0.2) is 18.2 Å². The van der Waals surface area contributed by atoms with Crippen molar-refractivity contribution in [1.29, 1.82) is 0 Å². The van der Waals surface area contributed by atoms with Gasteiger partial charge in [0.05, 0.1) is 6.61 Å². The van der Waals surface area contributed by atoms with E-state index in [1.807, 2.05) is 25.1 Å². The molecule has 0 saturated carbocycles. The van der Waals surface area contributed by atoms with Crippen LogP contribution in [0.1, 0.15) is 30.9 Å². The Morgan fingerprint density at radius 2 is 2.13 bits per heavy atom. The maximum absolute atomic E-state index is 9.13. The van der Waals surface area contributed by atoms with Crippen molar-refractivity contribution in [2.75, 3.05) is 13.2 Å². The molecule has 0 saturated heterocycles. The van der Waals surface area contributed by atoms with E-state index in [9.17, 15) is 0 Å². The Kier molecular flexibility index (Phi) is 4.63. The lowest BCUT2D eigenvalue weighted by Crippen LogP contribution is -2.05. The summed E-state index contributed by atoms with van der Waals surface area (Å²) in [5, 5.41) is 9.13. The smallest absolute Gasteiger partial charge is 0.122 e. The van der Waals surface area contributed by atoms with Crippen molar-refractivity contribution in [3.8, 4) is 5.75 Å². The van der Waals surface area contributed by atoms with Crippen molar-refractivity contribution in [3.63, 3.8) is 0 Å². The number of aliphatic hydroxyl groups excluding tert-OH is 1. The second-order valence-corrected chi connectivity index (χ2v) is 3.49. The highest BCUT2D eigenvalue weighted by Gasteiger charge is 2.12. The molecule has 15 heavy (non-hydrogen) atoms.